The van der Waals surface area contributed by atoms with Crippen LogP contribution in [0.25, 0.3) is 0 Å². The number of nitrogens with one attached hydrogen (secondary N) is 2. The number of hydrogen-bond donors (Lipinski definition) is 6. The highest BCUT2D eigenvalue weighted by Crippen LogP contribution is 1.92. The van der Waals surface area contributed by atoms with Crippen LogP contribution < -0.4 is 16.8 Å². The minimum atomic E-state index is -1.34. The minimum Gasteiger partial charge on any atom is -0.480 e. The van der Waals surface area contributed by atoms with E-state index < -0.39 is 23.8 Å². The molecule has 0 heterocycles. The van der Waals surface area contributed by atoms with Crippen LogP contribution in [-0.4, -0.2) is 46.5 Å². The third-order valence-electron chi connectivity index (χ3n) is 1.88. The standard InChI is InChI=1S/C6H14N4O2.C4H6O3/c7-4(5(11)12)2-1-3-10-6(8)9;1-2-3(5)4(6)7/h4H,1-3,7H2,(H,11,12)(H4,8,9,10);2H2,1H3,(H,6,7). The van der Waals surface area contributed by atoms with Gasteiger partial charge in [-0.1, -0.05) is 6.92 Å². The Morgan fingerprint density at radius 3 is 2.11 bits per heavy atom. The van der Waals surface area contributed by atoms with E-state index in [0.29, 0.717) is 19.4 Å². The molecule has 0 radical (unpaired) electrons. The Labute approximate surface area is 110 Å². The Morgan fingerprint density at radius 1 is 1.32 bits per heavy atom. The molecule has 19 heavy (non-hydrogen) atoms. The quantitative estimate of drug-likeness (QED) is 0.144. The van der Waals surface area contributed by atoms with E-state index in [1.807, 2.05) is 0 Å². The summed E-state index contributed by atoms with van der Waals surface area (Å²) in [5.41, 5.74) is 10.2. The number of rotatable bonds is 7. The van der Waals surface area contributed by atoms with Gasteiger partial charge in [-0.25, -0.2) is 4.79 Å². The van der Waals surface area contributed by atoms with Crippen molar-refractivity contribution < 1.29 is 24.6 Å². The van der Waals surface area contributed by atoms with Crippen molar-refractivity contribution in [2.24, 2.45) is 11.5 Å². The molecule has 9 nitrogen and oxygen atoms in total. The average Bonchev–Trinajstić information content (AvgIpc) is 2.33. The third kappa shape index (κ3) is 13.8. The second kappa shape index (κ2) is 11.0. The summed E-state index contributed by atoms with van der Waals surface area (Å²) in [5, 5.41) is 25.5. The summed E-state index contributed by atoms with van der Waals surface area (Å²) < 4.78 is 0. The van der Waals surface area contributed by atoms with Gasteiger partial charge < -0.3 is 27.0 Å². The van der Waals surface area contributed by atoms with Gasteiger partial charge in [0, 0.05) is 13.0 Å². The maximum Gasteiger partial charge on any atom is 0.372 e. The second-order valence-corrected chi connectivity index (χ2v) is 3.51. The first-order chi connectivity index (χ1) is 8.72. The second-order valence-electron chi connectivity index (χ2n) is 3.51. The van der Waals surface area contributed by atoms with E-state index in [1.165, 1.54) is 6.92 Å². The lowest BCUT2D eigenvalue weighted by molar-refractivity contribution is -0.148. The average molecular weight is 276 g/mol. The molecule has 8 N–H and O–H groups in total. The number of ketones is 1. The number of aliphatic carboxylic acids is 2. The Bertz CT molecular complexity index is 332. The fourth-order valence-corrected chi connectivity index (χ4v) is 0.820. The molecule has 9 heteroatoms. The van der Waals surface area contributed by atoms with Crippen molar-refractivity contribution in [3.05, 3.63) is 0 Å². The van der Waals surface area contributed by atoms with Gasteiger partial charge in [-0.15, -0.1) is 0 Å². The number of carboxylic acids is 2. The van der Waals surface area contributed by atoms with E-state index in [-0.39, 0.29) is 12.4 Å². The molecule has 0 spiro atoms. The molecule has 0 amide bonds. The van der Waals surface area contributed by atoms with Gasteiger partial charge in [0.2, 0.25) is 5.78 Å². The number of hydrogen-bond acceptors (Lipinski definition) is 5. The molecule has 0 rings (SSSR count). The van der Waals surface area contributed by atoms with Gasteiger partial charge in [-0.3, -0.25) is 15.0 Å². The van der Waals surface area contributed by atoms with Crippen LogP contribution in [0.2, 0.25) is 0 Å². The summed E-state index contributed by atoms with van der Waals surface area (Å²) >= 11 is 0. The predicted octanol–water partition coefficient (Wildman–Crippen LogP) is -1.29. The van der Waals surface area contributed by atoms with Gasteiger partial charge in [-0.05, 0) is 12.8 Å². The fraction of sp³-hybridized carbons (Fsp3) is 0.600. The third-order valence-corrected chi connectivity index (χ3v) is 1.88. The van der Waals surface area contributed by atoms with Gasteiger partial charge in [0.05, 0.1) is 0 Å². The monoisotopic (exact) mass is 276 g/mol. The molecule has 0 aliphatic carbocycles. The summed E-state index contributed by atoms with van der Waals surface area (Å²) in [4.78, 5) is 29.7. The van der Waals surface area contributed by atoms with Crippen LogP contribution in [0.4, 0.5) is 0 Å². The van der Waals surface area contributed by atoms with Crippen molar-refractivity contribution in [1.29, 1.82) is 5.41 Å². The molecule has 0 saturated heterocycles. The summed E-state index contributed by atoms with van der Waals surface area (Å²) in [6.07, 6.45) is 1.05. The number of carboxylic acid groups (broad SMARTS) is 2. The molecule has 0 aromatic carbocycles. The number of carbonyl (C=O) groups excluding carboxylic acids is 1. The van der Waals surface area contributed by atoms with Crippen molar-refractivity contribution >= 4 is 23.7 Å². The highest BCUT2D eigenvalue weighted by Gasteiger charge is 2.09. The summed E-state index contributed by atoms with van der Waals surface area (Å²) in [7, 11) is 0. The van der Waals surface area contributed by atoms with E-state index in [4.69, 9.17) is 27.1 Å². The number of nitrogens with two attached hydrogens (primary N) is 2. The summed E-state index contributed by atoms with van der Waals surface area (Å²) in [5.74, 6) is -3.20. The van der Waals surface area contributed by atoms with E-state index in [0.717, 1.165) is 0 Å². The number of carbonyl (C=O) groups is 3. The lowest BCUT2D eigenvalue weighted by Crippen LogP contribution is -2.34. The molecule has 1 atom stereocenters. The highest BCUT2D eigenvalue weighted by molar-refractivity contribution is 6.32. The molecule has 0 saturated carbocycles. The first-order valence-electron chi connectivity index (χ1n) is 5.54. The molecule has 0 aromatic rings. The van der Waals surface area contributed by atoms with Crippen LogP contribution in [0.5, 0.6) is 0 Å². The Kier molecular flexibility index (Phi) is 11.1. The zero-order valence-electron chi connectivity index (χ0n) is 10.7. The van der Waals surface area contributed by atoms with Crippen molar-refractivity contribution in [2.75, 3.05) is 6.54 Å². The van der Waals surface area contributed by atoms with E-state index in [2.05, 4.69) is 5.32 Å². The molecule has 0 fully saturated rings. The molecule has 1 unspecified atom stereocenters. The van der Waals surface area contributed by atoms with Crippen LogP contribution in [0.1, 0.15) is 26.2 Å². The van der Waals surface area contributed by atoms with Crippen molar-refractivity contribution in [3.63, 3.8) is 0 Å². The largest absolute Gasteiger partial charge is 0.480 e. The van der Waals surface area contributed by atoms with E-state index in [1.54, 1.807) is 0 Å². The topological polar surface area (TPSA) is 180 Å². The van der Waals surface area contributed by atoms with Gasteiger partial charge in [0.1, 0.15) is 6.04 Å². The van der Waals surface area contributed by atoms with Crippen molar-refractivity contribution in [3.8, 4) is 0 Å². The smallest absolute Gasteiger partial charge is 0.372 e. The first kappa shape index (κ1) is 19.2. The first-order valence-corrected chi connectivity index (χ1v) is 5.54. The maximum absolute atomic E-state index is 10.2. The Balaban J connectivity index is 0. The number of Topliss-reactive ketones (excluding diaryl/α,β-unsaturated/α-hetero) is 1. The van der Waals surface area contributed by atoms with Crippen LogP contribution in [0.3, 0.4) is 0 Å². The maximum atomic E-state index is 10.2. The molecular formula is C10H20N4O5. The normalized spacial score (nSPS) is 10.6. The van der Waals surface area contributed by atoms with Crippen LogP contribution in [0.15, 0.2) is 0 Å². The fourth-order valence-electron chi connectivity index (χ4n) is 0.820. The van der Waals surface area contributed by atoms with E-state index >= 15 is 0 Å². The Hall–Kier alpha value is -2.16. The molecular weight excluding hydrogens is 256 g/mol. The van der Waals surface area contributed by atoms with Gasteiger partial charge in [0.15, 0.2) is 5.96 Å². The number of guanidine groups is 1. The minimum absolute atomic E-state index is 0.0787. The van der Waals surface area contributed by atoms with Gasteiger partial charge in [0.25, 0.3) is 0 Å². The van der Waals surface area contributed by atoms with E-state index in [9.17, 15) is 14.4 Å². The molecule has 0 aliphatic rings. The molecule has 110 valence electrons. The van der Waals surface area contributed by atoms with Crippen molar-refractivity contribution in [1.82, 2.24) is 5.32 Å². The van der Waals surface area contributed by atoms with Crippen LogP contribution >= 0.6 is 0 Å². The molecule has 0 aliphatic heterocycles. The summed E-state index contributed by atoms with van der Waals surface area (Å²) in [6.45, 7) is 1.99. The van der Waals surface area contributed by atoms with Crippen LogP contribution in [-0.2, 0) is 14.4 Å². The Morgan fingerprint density at radius 2 is 1.84 bits per heavy atom. The molecule has 0 bridgehead atoms. The van der Waals surface area contributed by atoms with Gasteiger partial charge in [-0.2, -0.15) is 0 Å². The van der Waals surface area contributed by atoms with Crippen LogP contribution in [0, 0.1) is 5.41 Å². The lowest BCUT2D eigenvalue weighted by atomic mass is 10.2. The zero-order valence-corrected chi connectivity index (χ0v) is 10.7. The van der Waals surface area contributed by atoms with Crippen molar-refractivity contribution in [2.45, 2.75) is 32.2 Å². The predicted molar refractivity (Wildman–Crippen MR) is 67.7 cm³/mol. The zero-order chi connectivity index (χ0) is 15.4. The SMILES string of the molecule is CCC(=O)C(=O)O.N=C(N)NCCCC(N)C(=O)O. The van der Waals surface area contributed by atoms with Gasteiger partial charge >= 0.3 is 11.9 Å². The molecule has 0 aromatic heterocycles. The lowest BCUT2D eigenvalue weighted by Gasteiger charge is -2.06. The highest BCUT2D eigenvalue weighted by atomic mass is 16.4. The summed E-state index contributed by atoms with van der Waals surface area (Å²) in [6, 6.07) is -0.821.